The fraction of sp³-hybridized carbons (Fsp3) is 0.438. The second-order valence-corrected chi connectivity index (χ2v) is 7.73. The Morgan fingerprint density at radius 1 is 1.32 bits per heavy atom. The highest BCUT2D eigenvalue weighted by Crippen LogP contribution is 2.31. The Balaban J connectivity index is 2.12. The van der Waals surface area contributed by atoms with Gasteiger partial charge in [0.15, 0.2) is 0 Å². The lowest BCUT2D eigenvalue weighted by atomic mass is 9.93. The van der Waals surface area contributed by atoms with Crippen molar-refractivity contribution >= 4 is 20.9 Å². The van der Waals surface area contributed by atoms with E-state index in [9.17, 15) is 8.42 Å². The lowest BCUT2D eigenvalue weighted by Crippen LogP contribution is -2.51. The van der Waals surface area contributed by atoms with Gasteiger partial charge in [-0.3, -0.25) is 4.98 Å². The van der Waals surface area contributed by atoms with Crippen molar-refractivity contribution in [2.45, 2.75) is 30.7 Å². The summed E-state index contributed by atoms with van der Waals surface area (Å²) in [7, 11) is -3.59. The second kappa shape index (κ2) is 5.95. The number of benzene rings is 1. The first-order chi connectivity index (χ1) is 10.6. The van der Waals surface area contributed by atoms with E-state index in [1.165, 1.54) is 0 Å². The molecular formula is C16H21N3O2S. The van der Waals surface area contributed by atoms with Crippen LogP contribution in [0.3, 0.4) is 0 Å². The van der Waals surface area contributed by atoms with Gasteiger partial charge in [0.05, 0.1) is 5.52 Å². The molecule has 0 unspecified atom stereocenters. The Morgan fingerprint density at radius 3 is 2.86 bits per heavy atom. The molecule has 2 aromatic rings. The number of hydrogen-bond acceptors (Lipinski definition) is 4. The van der Waals surface area contributed by atoms with Crippen LogP contribution in [0.4, 0.5) is 0 Å². The molecule has 0 radical (unpaired) electrons. The number of para-hydroxylation sites is 1. The van der Waals surface area contributed by atoms with E-state index >= 15 is 0 Å². The van der Waals surface area contributed by atoms with Crippen LogP contribution < -0.4 is 5.73 Å². The van der Waals surface area contributed by atoms with E-state index in [4.69, 9.17) is 5.73 Å². The molecule has 0 amide bonds. The summed E-state index contributed by atoms with van der Waals surface area (Å²) < 4.78 is 27.9. The SMILES string of the molecule is C[C@@H]1CCCN(S(=O)(=O)c2cccc3cccnc23)[C@H]1CN. The molecule has 1 aromatic heterocycles. The van der Waals surface area contributed by atoms with Crippen LogP contribution in [0.2, 0.25) is 0 Å². The molecule has 5 nitrogen and oxygen atoms in total. The largest absolute Gasteiger partial charge is 0.329 e. The molecule has 0 aliphatic carbocycles. The van der Waals surface area contributed by atoms with Crippen molar-refractivity contribution < 1.29 is 8.42 Å². The molecule has 2 heterocycles. The number of aromatic nitrogens is 1. The number of hydrogen-bond donors (Lipinski definition) is 1. The van der Waals surface area contributed by atoms with Crippen molar-refractivity contribution in [2.24, 2.45) is 11.7 Å². The molecule has 1 fully saturated rings. The van der Waals surface area contributed by atoms with Crippen LogP contribution in [-0.2, 0) is 10.0 Å². The van der Waals surface area contributed by atoms with Gasteiger partial charge in [0.1, 0.15) is 4.90 Å². The van der Waals surface area contributed by atoms with E-state index in [2.05, 4.69) is 11.9 Å². The standard InChI is InChI=1S/C16H21N3O2S/c1-12-5-4-10-19(14(12)11-17)22(20,21)15-8-2-6-13-7-3-9-18-16(13)15/h2-3,6-9,12,14H,4-5,10-11,17H2,1H3/t12-,14+/m1/s1. The highest BCUT2D eigenvalue weighted by Gasteiger charge is 2.37. The average molecular weight is 319 g/mol. The molecule has 6 heteroatoms. The van der Waals surface area contributed by atoms with Gasteiger partial charge in [-0.2, -0.15) is 4.31 Å². The maximum Gasteiger partial charge on any atom is 0.245 e. The molecule has 0 saturated carbocycles. The van der Waals surface area contributed by atoms with Crippen molar-refractivity contribution in [3.63, 3.8) is 0 Å². The highest BCUT2D eigenvalue weighted by molar-refractivity contribution is 7.89. The Kier molecular flexibility index (Phi) is 4.16. The zero-order valence-corrected chi connectivity index (χ0v) is 13.5. The quantitative estimate of drug-likeness (QED) is 0.938. The zero-order chi connectivity index (χ0) is 15.7. The normalized spacial score (nSPS) is 23.7. The minimum Gasteiger partial charge on any atom is -0.329 e. The molecule has 0 spiro atoms. The molecular weight excluding hydrogens is 298 g/mol. The van der Waals surface area contributed by atoms with Gasteiger partial charge >= 0.3 is 0 Å². The topological polar surface area (TPSA) is 76.3 Å². The Morgan fingerprint density at radius 2 is 2.09 bits per heavy atom. The van der Waals surface area contributed by atoms with Crippen LogP contribution in [0.25, 0.3) is 10.9 Å². The van der Waals surface area contributed by atoms with Gasteiger partial charge in [-0.15, -0.1) is 0 Å². The lowest BCUT2D eigenvalue weighted by Gasteiger charge is -2.38. The summed E-state index contributed by atoms with van der Waals surface area (Å²) in [4.78, 5) is 4.55. The molecule has 1 aliphatic rings. The smallest absolute Gasteiger partial charge is 0.245 e. The minimum absolute atomic E-state index is 0.141. The van der Waals surface area contributed by atoms with Crippen LogP contribution in [0.5, 0.6) is 0 Å². The summed E-state index contributed by atoms with van der Waals surface area (Å²) >= 11 is 0. The molecule has 118 valence electrons. The first-order valence-electron chi connectivity index (χ1n) is 7.61. The summed E-state index contributed by atoms with van der Waals surface area (Å²) in [5, 5.41) is 0.831. The van der Waals surface area contributed by atoms with E-state index in [1.54, 1.807) is 22.6 Å². The van der Waals surface area contributed by atoms with Crippen LogP contribution in [0, 0.1) is 5.92 Å². The van der Waals surface area contributed by atoms with E-state index in [1.807, 2.05) is 18.2 Å². The molecule has 0 bridgehead atoms. The maximum atomic E-state index is 13.1. The minimum atomic E-state index is -3.59. The number of piperidine rings is 1. The van der Waals surface area contributed by atoms with E-state index in [0.717, 1.165) is 18.2 Å². The van der Waals surface area contributed by atoms with E-state index in [0.29, 0.717) is 18.6 Å². The number of sulfonamides is 1. The molecule has 1 aromatic carbocycles. The monoisotopic (exact) mass is 319 g/mol. The molecule has 1 saturated heterocycles. The molecule has 3 rings (SSSR count). The fourth-order valence-corrected chi connectivity index (χ4v) is 5.21. The number of nitrogens with zero attached hydrogens (tertiary/aromatic N) is 2. The molecule has 1 aliphatic heterocycles. The van der Waals surface area contributed by atoms with Gasteiger partial charge in [0, 0.05) is 30.7 Å². The molecule has 22 heavy (non-hydrogen) atoms. The van der Waals surface area contributed by atoms with Crippen molar-refractivity contribution in [2.75, 3.05) is 13.1 Å². The third-order valence-corrected chi connectivity index (χ3v) is 6.44. The number of pyridine rings is 1. The zero-order valence-electron chi connectivity index (χ0n) is 12.6. The predicted octanol–water partition coefficient (Wildman–Crippen LogP) is 1.98. The third kappa shape index (κ3) is 2.51. The summed E-state index contributed by atoms with van der Waals surface area (Å²) in [5.41, 5.74) is 6.38. The molecule has 2 N–H and O–H groups in total. The summed E-state index contributed by atoms with van der Waals surface area (Å²) in [6.45, 7) is 2.94. The number of fused-ring (bicyclic) bond motifs is 1. The van der Waals surface area contributed by atoms with Crippen LogP contribution >= 0.6 is 0 Å². The maximum absolute atomic E-state index is 13.1. The van der Waals surface area contributed by atoms with Crippen molar-refractivity contribution in [1.82, 2.24) is 9.29 Å². The first kappa shape index (κ1) is 15.4. The van der Waals surface area contributed by atoms with Crippen molar-refractivity contribution in [3.8, 4) is 0 Å². The highest BCUT2D eigenvalue weighted by atomic mass is 32.2. The Hall–Kier alpha value is -1.50. The second-order valence-electron chi connectivity index (χ2n) is 5.87. The van der Waals surface area contributed by atoms with Gasteiger partial charge in [-0.1, -0.05) is 25.1 Å². The van der Waals surface area contributed by atoms with Gasteiger partial charge in [0.2, 0.25) is 10.0 Å². The van der Waals surface area contributed by atoms with Gasteiger partial charge in [0.25, 0.3) is 0 Å². The predicted molar refractivity (Wildman–Crippen MR) is 86.9 cm³/mol. The number of nitrogens with two attached hydrogens (primary N) is 1. The van der Waals surface area contributed by atoms with Crippen molar-refractivity contribution in [1.29, 1.82) is 0 Å². The van der Waals surface area contributed by atoms with Gasteiger partial charge < -0.3 is 5.73 Å². The van der Waals surface area contributed by atoms with Gasteiger partial charge in [-0.25, -0.2) is 8.42 Å². The van der Waals surface area contributed by atoms with Crippen LogP contribution in [-0.4, -0.2) is 36.8 Å². The van der Waals surface area contributed by atoms with Crippen molar-refractivity contribution in [3.05, 3.63) is 36.5 Å². The number of rotatable bonds is 3. The first-order valence-corrected chi connectivity index (χ1v) is 9.05. The van der Waals surface area contributed by atoms with Crippen LogP contribution in [0.1, 0.15) is 19.8 Å². The third-order valence-electron chi connectivity index (χ3n) is 4.49. The summed E-state index contributed by atoms with van der Waals surface area (Å²) in [6.07, 6.45) is 3.51. The van der Waals surface area contributed by atoms with Crippen LogP contribution in [0.15, 0.2) is 41.4 Å². The van der Waals surface area contributed by atoms with Gasteiger partial charge in [-0.05, 0) is 30.9 Å². The van der Waals surface area contributed by atoms with E-state index in [-0.39, 0.29) is 16.9 Å². The molecule has 2 atom stereocenters. The summed E-state index contributed by atoms with van der Waals surface area (Å²) in [5.74, 6) is 0.275. The Bertz CT molecular complexity index is 771. The fourth-order valence-electron chi connectivity index (χ4n) is 3.27. The average Bonchev–Trinajstić information content (AvgIpc) is 2.54. The summed E-state index contributed by atoms with van der Waals surface area (Å²) in [6, 6.07) is 8.82. The Labute approximate surface area is 131 Å². The lowest BCUT2D eigenvalue weighted by molar-refractivity contribution is 0.192. The van der Waals surface area contributed by atoms with E-state index < -0.39 is 10.0 Å².